The highest BCUT2D eigenvalue weighted by Crippen LogP contribution is 2.28. The topological polar surface area (TPSA) is 108 Å². The predicted molar refractivity (Wildman–Crippen MR) is 118 cm³/mol. The minimum absolute atomic E-state index is 0.0117. The maximum atomic E-state index is 12.8. The van der Waals surface area contributed by atoms with Gasteiger partial charge in [-0.1, -0.05) is 18.2 Å². The van der Waals surface area contributed by atoms with Gasteiger partial charge >= 0.3 is 6.03 Å². The number of anilines is 2. The lowest BCUT2D eigenvalue weighted by Gasteiger charge is -2.30. The number of hydrogen-bond acceptors (Lipinski definition) is 5. The first-order valence-electron chi connectivity index (χ1n) is 9.78. The molecule has 0 unspecified atom stereocenters. The van der Waals surface area contributed by atoms with E-state index in [2.05, 4.69) is 16.0 Å². The van der Waals surface area contributed by atoms with Gasteiger partial charge in [0.1, 0.15) is 4.21 Å². The fraction of sp³-hybridized carbons (Fsp3) is 0.400. The molecule has 8 nitrogen and oxygen atoms in total. The quantitative estimate of drug-likeness (QED) is 0.627. The van der Waals surface area contributed by atoms with Crippen LogP contribution in [0.15, 0.2) is 46.0 Å². The number of urea groups is 1. The van der Waals surface area contributed by atoms with Crippen molar-refractivity contribution in [3.05, 3.63) is 41.8 Å². The van der Waals surface area contributed by atoms with Gasteiger partial charge in [-0.2, -0.15) is 4.31 Å². The molecule has 0 atom stereocenters. The summed E-state index contributed by atoms with van der Waals surface area (Å²) in [4.78, 5) is 24.8. The van der Waals surface area contributed by atoms with Crippen LogP contribution in [0.5, 0.6) is 0 Å². The Bertz CT molecular complexity index is 982. The fourth-order valence-electron chi connectivity index (χ4n) is 3.25. The minimum atomic E-state index is -3.49. The molecule has 3 N–H and O–H groups in total. The first-order chi connectivity index (χ1) is 14.3. The lowest BCUT2D eigenvalue weighted by Crippen LogP contribution is -2.41. The van der Waals surface area contributed by atoms with Gasteiger partial charge in [-0.25, -0.2) is 13.2 Å². The number of piperidine rings is 1. The Morgan fingerprint density at radius 2 is 1.67 bits per heavy atom. The molecule has 0 radical (unpaired) electrons. The van der Waals surface area contributed by atoms with E-state index in [0.29, 0.717) is 41.5 Å². The number of amides is 3. The molecule has 1 aliphatic rings. The molecular formula is C20H26N4O4S2. The van der Waals surface area contributed by atoms with Gasteiger partial charge in [-0.15, -0.1) is 11.3 Å². The van der Waals surface area contributed by atoms with Crippen molar-refractivity contribution >= 4 is 44.7 Å². The molecule has 30 heavy (non-hydrogen) atoms. The SMILES string of the molecule is CC(C)NC(=O)Nc1ccccc1NC(=O)C1CCN(S(=O)(=O)c2cccs2)CC1. The summed E-state index contributed by atoms with van der Waals surface area (Å²) in [5.41, 5.74) is 1.01. The van der Waals surface area contributed by atoms with Gasteiger partial charge in [-0.05, 0) is 50.3 Å². The number of thiophene rings is 1. The van der Waals surface area contributed by atoms with Gasteiger partial charge < -0.3 is 16.0 Å². The third-order valence-electron chi connectivity index (χ3n) is 4.77. The number of rotatable bonds is 6. The Morgan fingerprint density at radius 1 is 1.03 bits per heavy atom. The summed E-state index contributed by atoms with van der Waals surface area (Å²) >= 11 is 1.19. The summed E-state index contributed by atoms with van der Waals surface area (Å²) in [6, 6.07) is 9.93. The monoisotopic (exact) mass is 450 g/mol. The second kappa shape index (κ2) is 9.59. The smallest absolute Gasteiger partial charge is 0.319 e. The van der Waals surface area contributed by atoms with E-state index in [-0.39, 0.29) is 23.9 Å². The van der Waals surface area contributed by atoms with Crippen LogP contribution in [0.2, 0.25) is 0 Å². The summed E-state index contributed by atoms with van der Waals surface area (Å²) in [7, 11) is -3.49. The maximum absolute atomic E-state index is 12.8. The second-order valence-electron chi connectivity index (χ2n) is 7.40. The van der Waals surface area contributed by atoms with Crippen LogP contribution in [0, 0.1) is 5.92 Å². The molecule has 0 aliphatic carbocycles. The van der Waals surface area contributed by atoms with E-state index in [4.69, 9.17) is 0 Å². The normalized spacial score (nSPS) is 15.7. The molecule has 1 saturated heterocycles. The maximum Gasteiger partial charge on any atom is 0.319 e. The van der Waals surface area contributed by atoms with Crippen LogP contribution in [-0.4, -0.2) is 43.8 Å². The minimum Gasteiger partial charge on any atom is -0.336 e. The first-order valence-corrected chi connectivity index (χ1v) is 12.1. The van der Waals surface area contributed by atoms with Gasteiger partial charge in [0.25, 0.3) is 10.0 Å². The number of carbonyl (C=O) groups excluding carboxylic acids is 2. The molecule has 1 aromatic heterocycles. The van der Waals surface area contributed by atoms with Crippen molar-refractivity contribution in [2.75, 3.05) is 23.7 Å². The molecule has 0 spiro atoms. The Morgan fingerprint density at radius 3 is 2.23 bits per heavy atom. The summed E-state index contributed by atoms with van der Waals surface area (Å²) in [6.07, 6.45) is 0.889. The third-order valence-corrected chi connectivity index (χ3v) is 8.04. The fourth-order valence-corrected chi connectivity index (χ4v) is 5.87. The van der Waals surface area contributed by atoms with Crippen LogP contribution in [0.4, 0.5) is 16.2 Å². The molecule has 10 heteroatoms. The molecule has 1 fully saturated rings. The van der Waals surface area contributed by atoms with Gasteiger partial charge in [0.2, 0.25) is 5.91 Å². The van der Waals surface area contributed by atoms with E-state index in [1.165, 1.54) is 15.6 Å². The van der Waals surface area contributed by atoms with Crippen molar-refractivity contribution in [1.29, 1.82) is 0 Å². The van der Waals surface area contributed by atoms with E-state index >= 15 is 0 Å². The number of nitrogens with zero attached hydrogens (tertiary/aromatic N) is 1. The number of carbonyl (C=O) groups is 2. The van der Waals surface area contributed by atoms with Crippen molar-refractivity contribution in [3.8, 4) is 0 Å². The summed E-state index contributed by atoms with van der Waals surface area (Å²) in [6.45, 7) is 4.32. The van der Waals surface area contributed by atoms with Crippen LogP contribution in [0.25, 0.3) is 0 Å². The molecule has 2 heterocycles. The van der Waals surface area contributed by atoms with Crippen LogP contribution in [0.3, 0.4) is 0 Å². The zero-order chi connectivity index (χ0) is 21.7. The third kappa shape index (κ3) is 5.38. The van der Waals surface area contributed by atoms with E-state index in [9.17, 15) is 18.0 Å². The number of hydrogen-bond donors (Lipinski definition) is 3. The Labute approximate surface area is 180 Å². The van der Waals surface area contributed by atoms with Gasteiger partial charge in [-0.3, -0.25) is 4.79 Å². The van der Waals surface area contributed by atoms with E-state index in [1.807, 2.05) is 13.8 Å². The van der Waals surface area contributed by atoms with Crippen molar-refractivity contribution < 1.29 is 18.0 Å². The average molecular weight is 451 g/mol. The standard InChI is InChI=1S/C20H26N4O4S2/c1-14(2)21-20(26)23-17-7-4-3-6-16(17)22-19(25)15-9-11-24(12-10-15)30(27,28)18-8-5-13-29-18/h3-8,13-15H,9-12H2,1-2H3,(H,22,25)(H2,21,23,26). The average Bonchev–Trinajstić information content (AvgIpc) is 3.24. The van der Waals surface area contributed by atoms with Crippen molar-refractivity contribution in [3.63, 3.8) is 0 Å². The molecular weight excluding hydrogens is 424 g/mol. The number of sulfonamides is 1. The lowest BCUT2D eigenvalue weighted by atomic mass is 9.97. The molecule has 3 rings (SSSR count). The molecule has 0 bridgehead atoms. The highest BCUT2D eigenvalue weighted by atomic mass is 32.2. The Hall–Kier alpha value is -2.43. The molecule has 1 aromatic carbocycles. The van der Waals surface area contributed by atoms with Crippen LogP contribution in [0.1, 0.15) is 26.7 Å². The summed E-state index contributed by atoms with van der Waals surface area (Å²) in [5.74, 6) is -0.473. The largest absolute Gasteiger partial charge is 0.336 e. The predicted octanol–water partition coefficient (Wildman–Crippen LogP) is 3.32. The highest BCUT2D eigenvalue weighted by Gasteiger charge is 2.32. The lowest BCUT2D eigenvalue weighted by molar-refractivity contribution is -0.120. The molecule has 2 aromatic rings. The zero-order valence-electron chi connectivity index (χ0n) is 16.9. The van der Waals surface area contributed by atoms with Crippen molar-refractivity contribution in [2.24, 2.45) is 5.92 Å². The number of nitrogens with one attached hydrogen (secondary N) is 3. The van der Waals surface area contributed by atoms with Gasteiger partial charge in [0.15, 0.2) is 0 Å². The van der Waals surface area contributed by atoms with E-state index in [0.717, 1.165) is 0 Å². The molecule has 1 aliphatic heterocycles. The molecule has 162 valence electrons. The molecule has 0 saturated carbocycles. The van der Waals surface area contributed by atoms with Crippen molar-refractivity contribution in [2.45, 2.75) is 36.9 Å². The Balaban J connectivity index is 1.60. The molecule has 3 amide bonds. The Kier molecular flexibility index (Phi) is 7.11. The highest BCUT2D eigenvalue weighted by molar-refractivity contribution is 7.91. The van der Waals surface area contributed by atoms with Crippen LogP contribution in [-0.2, 0) is 14.8 Å². The zero-order valence-corrected chi connectivity index (χ0v) is 18.6. The van der Waals surface area contributed by atoms with Gasteiger partial charge in [0, 0.05) is 25.0 Å². The van der Waals surface area contributed by atoms with Crippen LogP contribution >= 0.6 is 11.3 Å². The number of para-hydroxylation sites is 2. The van der Waals surface area contributed by atoms with E-state index < -0.39 is 10.0 Å². The second-order valence-corrected chi connectivity index (χ2v) is 10.5. The summed E-state index contributed by atoms with van der Waals surface area (Å²) in [5, 5.41) is 10.1. The van der Waals surface area contributed by atoms with Gasteiger partial charge in [0.05, 0.1) is 11.4 Å². The van der Waals surface area contributed by atoms with Crippen molar-refractivity contribution in [1.82, 2.24) is 9.62 Å². The van der Waals surface area contributed by atoms with E-state index in [1.54, 1.807) is 41.8 Å². The summed E-state index contributed by atoms with van der Waals surface area (Å²) < 4.78 is 27.0. The van der Waals surface area contributed by atoms with Crippen LogP contribution < -0.4 is 16.0 Å². The number of benzene rings is 1. The first kappa shape index (κ1) is 22.3.